The Hall–Kier alpha value is -2.76. The van der Waals surface area contributed by atoms with Gasteiger partial charge in [0.15, 0.2) is 11.6 Å². The summed E-state index contributed by atoms with van der Waals surface area (Å²) in [7, 11) is 1.62. The van der Waals surface area contributed by atoms with Crippen LogP contribution in [0.2, 0.25) is 0 Å². The normalized spacial score (nSPS) is 10.8. The van der Waals surface area contributed by atoms with Crippen LogP contribution in [0.1, 0.15) is 23.0 Å². The molecule has 0 spiro atoms. The highest BCUT2D eigenvalue weighted by molar-refractivity contribution is 5.94. The molecule has 0 aliphatic rings. The molecule has 3 aromatic rings. The highest BCUT2D eigenvalue weighted by Gasteiger charge is 2.13. The Morgan fingerprint density at radius 1 is 1.24 bits per heavy atom. The average molecular weight is 282 g/mol. The zero-order chi connectivity index (χ0) is 15.0. The summed E-state index contributed by atoms with van der Waals surface area (Å²) in [5.74, 6) is 1.77. The second kappa shape index (κ2) is 4.97. The van der Waals surface area contributed by atoms with E-state index in [1.807, 2.05) is 31.2 Å². The summed E-state index contributed by atoms with van der Waals surface area (Å²) in [5.41, 5.74) is 2.15. The molecule has 0 aliphatic heterocycles. The fourth-order valence-corrected chi connectivity index (χ4v) is 2.15. The second-order valence-corrected chi connectivity index (χ2v) is 4.69. The van der Waals surface area contributed by atoms with Crippen molar-refractivity contribution in [3.8, 4) is 17.1 Å². The van der Waals surface area contributed by atoms with E-state index in [-0.39, 0.29) is 5.78 Å². The molecule has 0 amide bonds. The van der Waals surface area contributed by atoms with Gasteiger partial charge in [0.2, 0.25) is 0 Å². The Morgan fingerprint density at radius 3 is 2.57 bits per heavy atom. The van der Waals surface area contributed by atoms with Crippen LogP contribution in [0, 0.1) is 6.92 Å². The molecule has 106 valence electrons. The molecular weight excluding hydrogens is 268 g/mol. The number of carbonyl (C=O) groups is 1. The monoisotopic (exact) mass is 282 g/mol. The molecule has 0 atom stereocenters. The summed E-state index contributed by atoms with van der Waals surface area (Å²) in [6, 6.07) is 7.47. The molecule has 0 unspecified atom stereocenters. The lowest BCUT2D eigenvalue weighted by molar-refractivity contribution is 0.101. The van der Waals surface area contributed by atoms with Crippen LogP contribution in [0.3, 0.4) is 0 Å². The van der Waals surface area contributed by atoms with Crippen molar-refractivity contribution in [3.63, 3.8) is 0 Å². The van der Waals surface area contributed by atoms with E-state index in [2.05, 4.69) is 15.1 Å². The van der Waals surface area contributed by atoms with E-state index in [1.54, 1.807) is 17.8 Å². The van der Waals surface area contributed by atoms with Crippen molar-refractivity contribution in [2.75, 3.05) is 7.11 Å². The Kier molecular flexibility index (Phi) is 3.13. The molecule has 0 N–H and O–H groups in total. The minimum absolute atomic E-state index is 0.0385. The molecule has 1 aromatic carbocycles. The summed E-state index contributed by atoms with van der Waals surface area (Å²) >= 11 is 0. The molecule has 0 aliphatic carbocycles. The van der Waals surface area contributed by atoms with E-state index in [0.717, 1.165) is 17.0 Å². The van der Waals surface area contributed by atoms with Gasteiger partial charge >= 0.3 is 0 Å². The summed E-state index contributed by atoms with van der Waals surface area (Å²) in [5, 5.41) is 4.43. The van der Waals surface area contributed by atoms with Gasteiger partial charge in [0.25, 0.3) is 5.78 Å². The molecule has 2 heterocycles. The fraction of sp³-hybridized carbons (Fsp3) is 0.200. The van der Waals surface area contributed by atoms with Crippen molar-refractivity contribution in [3.05, 3.63) is 41.7 Å². The number of aromatic nitrogens is 4. The van der Waals surface area contributed by atoms with Crippen LogP contribution in [0.4, 0.5) is 0 Å². The van der Waals surface area contributed by atoms with Crippen LogP contribution in [0.25, 0.3) is 17.2 Å². The molecule has 0 saturated carbocycles. The smallest absolute Gasteiger partial charge is 0.252 e. The lowest BCUT2D eigenvalue weighted by atomic mass is 10.2. The molecule has 0 bridgehead atoms. The van der Waals surface area contributed by atoms with Crippen LogP contribution >= 0.6 is 0 Å². The molecule has 0 radical (unpaired) electrons. The van der Waals surface area contributed by atoms with Crippen molar-refractivity contribution in [2.24, 2.45) is 0 Å². The Bertz CT molecular complexity index is 822. The maximum absolute atomic E-state index is 11.5. The number of Topliss-reactive ketones (excluding diaryl/α,β-unsaturated/α-hetero) is 1. The summed E-state index contributed by atoms with van der Waals surface area (Å²) < 4.78 is 6.72. The predicted octanol–water partition coefficient (Wildman–Crippen LogP) is 2.31. The van der Waals surface area contributed by atoms with Gasteiger partial charge in [0, 0.05) is 11.8 Å². The molecular formula is C15H14N4O2. The predicted molar refractivity (Wildman–Crippen MR) is 77.5 cm³/mol. The van der Waals surface area contributed by atoms with Gasteiger partial charge in [-0.15, -0.1) is 5.10 Å². The van der Waals surface area contributed by atoms with Crippen molar-refractivity contribution < 1.29 is 9.53 Å². The first-order valence-corrected chi connectivity index (χ1v) is 6.48. The summed E-state index contributed by atoms with van der Waals surface area (Å²) in [4.78, 5) is 20.1. The molecule has 6 nitrogen and oxygen atoms in total. The van der Waals surface area contributed by atoms with Gasteiger partial charge in [-0.05, 0) is 38.1 Å². The van der Waals surface area contributed by atoms with E-state index in [1.165, 1.54) is 6.92 Å². The maximum Gasteiger partial charge on any atom is 0.252 e. The van der Waals surface area contributed by atoms with Crippen LogP contribution in [-0.2, 0) is 0 Å². The number of hydrogen-bond donors (Lipinski definition) is 0. The number of carbonyl (C=O) groups excluding carboxylic acids is 1. The number of ether oxygens (including phenoxy) is 1. The van der Waals surface area contributed by atoms with Gasteiger partial charge in [-0.25, -0.2) is 9.50 Å². The van der Waals surface area contributed by atoms with Crippen LogP contribution < -0.4 is 4.74 Å². The Labute approximate surface area is 121 Å². The number of rotatable bonds is 3. The van der Waals surface area contributed by atoms with Gasteiger partial charge in [-0.1, -0.05) is 0 Å². The molecule has 2 aromatic heterocycles. The summed E-state index contributed by atoms with van der Waals surface area (Å²) in [6.07, 6.45) is 1.54. The number of aryl methyl sites for hydroxylation is 1. The molecule has 0 saturated heterocycles. The third-order valence-corrected chi connectivity index (χ3v) is 3.33. The van der Waals surface area contributed by atoms with E-state index in [4.69, 9.17) is 4.74 Å². The summed E-state index contributed by atoms with van der Waals surface area (Å²) in [6.45, 7) is 3.34. The van der Waals surface area contributed by atoms with Gasteiger partial charge in [-0.3, -0.25) is 4.79 Å². The number of nitrogens with zero attached hydrogens (tertiary/aromatic N) is 4. The number of ketones is 1. The maximum atomic E-state index is 11.5. The van der Waals surface area contributed by atoms with E-state index < -0.39 is 0 Å². The quantitative estimate of drug-likeness (QED) is 0.689. The molecule has 6 heteroatoms. The lowest BCUT2D eigenvalue weighted by Crippen LogP contribution is -2.05. The van der Waals surface area contributed by atoms with Gasteiger partial charge < -0.3 is 4.74 Å². The molecule has 3 rings (SSSR count). The zero-order valence-electron chi connectivity index (χ0n) is 12.0. The Morgan fingerprint density at radius 2 is 1.95 bits per heavy atom. The molecule has 0 fully saturated rings. The van der Waals surface area contributed by atoms with Crippen molar-refractivity contribution in [1.29, 1.82) is 0 Å². The first kappa shape index (κ1) is 13.2. The number of fused-ring (bicyclic) bond motifs is 1. The zero-order valence-corrected chi connectivity index (χ0v) is 12.0. The van der Waals surface area contributed by atoms with E-state index in [0.29, 0.717) is 17.2 Å². The largest absolute Gasteiger partial charge is 0.497 e. The number of methoxy groups -OCH3 is 1. The van der Waals surface area contributed by atoms with Gasteiger partial charge in [0.1, 0.15) is 5.75 Å². The number of hydrogen-bond acceptors (Lipinski definition) is 5. The van der Waals surface area contributed by atoms with Crippen molar-refractivity contribution in [2.45, 2.75) is 13.8 Å². The highest BCUT2D eigenvalue weighted by atomic mass is 16.5. The highest BCUT2D eigenvalue weighted by Crippen LogP contribution is 2.20. The lowest BCUT2D eigenvalue weighted by Gasteiger charge is -2.01. The van der Waals surface area contributed by atoms with Crippen molar-refractivity contribution >= 4 is 11.6 Å². The third kappa shape index (κ3) is 2.24. The van der Waals surface area contributed by atoms with Crippen LogP contribution in [0.15, 0.2) is 30.5 Å². The SMILES string of the molecule is COc1ccc(-c2nc3ncc(C(C)=O)c(C)n3n2)cc1. The fourth-order valence-electron chi connectivity index (χ4n) is 2.15. The van der Waals surface area contributed by atoms with Crippen molar-refractivity contribution in [1.82, 2.24) is 19.6 Å². The van der Waals surface area contributed by atoms with E-state index in [9.17, 15) is 4.79 Å². The first-order valence-electron chi connectivity index (χ1n) is 6.48. The first-order chi connectivity index (χ1) is 10.1. The molecule has 21 heavy (non-hydrogen) atoms. The van der Waals surface area contributed by atoms with Gasteiger partial charge in [-0.2, -0.15) is 4.98 Å². The van der Waals surface area contributed by atoms with Crippen LogP contribution in [-0.4, -0.2) is 32.5 Å². The number of benzene rings is 1. The topological polar surface area (TPSA) is 69.4 Å². The standard InChI is InChI=1S/C15H14N4O2/c1-9-13(10(2)20)8-16-15-17-14(18-19(9)15)11-4-6-12(21-3)7-5-11/h4-8H,1-3H3. The Balaban J connectivity index is 2.12. The minimum Gasteiger partial charge on any atom is -0.497 e. The second-order valence-electron chi connectivity index (χ2n) is 4.69. The van der Waals surface area contributed by atoms with Gasteiger partial charge in [0.05, 0.1) is 18.4 Å². The average Bonchev–Trinajstić information content (AvgIpc) is 2.92. The third-order valence-electron chi connectivity index (χ3n) is 3.33. The minimum atomic E-state index is -0.0385. The van der Waals surface area contributed by atoms with Crippen LogP contribution in [0.5, 0.6) is 5.75 Å². The van der Waals surface area contributed by atoms with E-state index >= 15 is 0 Å².